The Labute approximate surface area is 732 Å². The quantitative estimate of drug-likeness (QED) is 0.143. The maximum Gasteiger partial charge on any atom is 1.00 e. The van der Waals surface area contributed by atoms with Crippen molar-refractivity contribution in [3.8, 4) is 0 Å². The molecule has 20 aliphatic carbocycles. The molecule has 5 unspecified atom stereocenters. The molecule has 2 saturated heterocycles. The van der Waals surface area contributed by atoms with E-state index in [-0.39, 0.29) is 47.9 Å². The van der Waals surface area contributed by atoms with Crippen LogP contribution < -0.4 is 34.7 Å². The minimum absolute atomic E-state index is 0. The largest absolute Gasteiger partial charge is 1.00 e. The molecular weight excluding hydrogens is 1440 g/mol. The summed E-state index contributed by atoms with van der Waals surface area (Å²) < 4.78 is 11.6. The third-order valence-corrected chi connectivity index (χ3v) is 44.7. The van der Waals surface area contributed by atoms with Crippen LogP contribution in [0.5, 0.6) is 0 Å². The number of hydrogen-bond acceptors (Lipinski definition) is 8. The molecule has 652 valence electrons. The summed E-state index contributed by atoms with van der Waals surface area (Å²) in [4.78, 5) is 24.0. The van der Waals surface area contributed by atoms with Gasteiger partial charge in [-0.25, -0.2) is 0 Å². The van der Waals surface area contributed by atoms with Crippen LogP contribution in [0.4, 0.5) is 0 Å². The molecule has 2 spiro atoms. The Balaban J connectivity index is 0.000000108. The predicted molar refractivity (Wildman–Crippen MR) is 465 cm³/mol. The van der Waals surface area contributed by atoms with Crippen molar-refractivity contribution in [2.75, 3.05) is 20.3 Å². The number of epoxide rings is 2. The summed E-state index contributed by atoms with van der Waals surface area (Å²) in [5.74, 6) is 26.9. The van der Waals surface area contributed by atoms with Gasteiger partial charge >= 0.3 is 29.6 Å². The zero-order chi connectivity index (χ0) is 81.1. The number of fused-ring (bicyclic) bond motifs is 25. The second kappa shape index (κ2) is 34.1. The Kier molecular flexibility index (Phi) is 26.3. The molecule has 2 heterocycles. The molecule has 39 atom stereocenters. The molecule has 22 fully saturated rings. The van der Waals surface area contributed by atoms with E-state index < -0.39 is 0 Å². The number of aliphatic hydroxyl groups is 3. The molecule has 2 aliphatic heterocycles. The molecule has 0 aromatic rings. The summed E-state index contributed by atoms with van der Waals surface area (Å²) >= 11 is 0. The molecule has 8 nitrogen and oxygen atoms in total. The van der Waals surface area contributed by atoms with Gasteiger partial charge in [-0.3, -0.25) is 9.59 Å². The first-order valence-corrected chi connectivity index (χ1v) is 51.2. The van der Waals surface area contributed by atoms with E-state index in [1.807, 2.05) is 33.3 Å². The first-order chi connectivity index (χ1) is 54.8. The van der Waals surface area contributed by atoms with Crippen LogP contribution in [0, 0.1) is 210 Å². The Morgan fingerprint density at radius 3 is 1.05 bits per heavy atom. The summed E-state index contributed by atoms with van der Waals surface area (Å²) in [6.07, 6.45) is 64.2. The van der Waals surface area contributed by atoms with Crippen molar-refractivity contribution >= 4 is 11.6 Å². The Bertz CT molecular complexity index is 3340. The Morgan fingerprint density at radius 1 is 0.362 bits per heavy atom. The normalized spacial score (nSPS) is 53.5. The van der Waals surface area contributed by atoms with Crippen molar-refractivity contribution in [2.24, 2.45) is 210 Å². The van der Waals surface area contributed by atoms with Gasteiger partial charge < -0.3 is 29.9 Å². The van der Waals surface area contributed by atoms with Crippen molar-refractivity contribution < 1.29 is 69.0 Å². The first kappa shape index (κ1) is 89.2. The van der Waals surface area contributed by atoms with Gasteiger partial charge in [-0.05, 0) is 514 Å². The van der Waals surface area contributed by atoms with Crippen LogP contribution in [-0.2, 0) is 19.1 Å². The maximum atomic E-state index is 12.2. The van der Waals surface area contributed by atoms with Gasteiger partial charge in [0.2, 0.25) is 0 Å². The average molecular weight is 1610 g/mol. The van der Waals surface area contributed by atoms with E-state index in [0.717, 1.165) is 175 Å². The summed E-state index contributed by atoms with van der Waals surface area (Å²) in [6, 6.07) is 0. The van der Waals surface area contributed by atoms with Gasteiger partial charge in [0.15, 0.2) is 0 Å². The van der Waals surface area contributed by atoms with E-state index in [9.17, 15) is 24.9 Å². The van der Waals surface area contributed by atoms with Gasteiger partial charge in [0.25, 0.3) is 0 Å². The van der Waals surface area contributed by atoms with Gasteiger partial charge in [0.1, 0.15) is 11.6 Å². The molecule has 0 amide bonds. The molecule has 116 heavy (non-hydrogen) atoms. The Hall–Kier alpha value is -0.160. The van der Waals surface area contributed by atoms with E-state index in [0.29, 0.717) is 90.3 Å². The fraction of sp³-hybridized carbons (Fsp3) is 0.963. The zero-order valence-electron chi connectivity index (χ0n) is 77.7. The molecule has 9 heteroatoms. The van der Waals surface area contributed by atoms with E-state index >= 15 is 0 Å². The SMILES string of the molecule is CC(=O)[C@H]1CC[C@H]2[C@@H]3CC[C@H]4CC5(CC[C@@H]4[C@H]3CC[C@]12C)CO5.CC(O)[C@H]1CC[C@H]2[C@@H]3CC[C@H]4CC(=O)CC[C@@H]4[C@H]3CC[C@]12C.CC(O)[C@H]1CC[C@H]2[C@@H]3CC[C@H]4CC(C)(C)CC[C@@H]4[C@H]3CC[C@]12C.CC(O)[C@H]1CC[C@H]2[C@@H]3CC[C@H]4CC5(CC[C@@H]4[C@H]3CC[C@]12C)CO5.CC=C1CC[C@H]2[C@@H]3CC[C@H]4CC(C)(C)CC[C@@H]4[C@H]3CC[C@]12C.C[O-].[Na+]. The average Bonchev–Trinajstić information content (AvgIpc) is 1.49. The van der Waals surface area contributed by atoms with Gasteiger partial charge in [-0.15, -0.1) is 0 Å². The monoisotopic (exact) mass is 1610 g/mol. The molecule has 20 saturated carbocycles. The summed E-state index contributed by atoms with van der Waals surface area (Å²) in [7, 11) is 0.750. The van der Waals surface area contributed by atoms with Crippen molar-refractivity contribution in [3.05, 3.63) is 11.6 Å². The number of carbonyl (C=O) groups excluding carboxylic acids is 2. The zero-order valence-corrected chi connectivity index (χ0v) is 79.7. The fourth-order valence-electron chi connectivity index (χ4n) is 39.4. The number of ketones is 2. The minimum atomic E-state index is -0.143. The summed E-state index contributed by atoms with van der Waals surface area (Å²) in [5.41, 5.74) is 5.88. The number of aliphatic hydroxyl groups excluding tert-OH is 3. The smallest absolute Gasteiger partial charge is 0.857 e. The number of rotatable bonds is 4. The number of ether oxygens (including phenoxy) is 2. The third kappa shape index (κ3) is 16.0. The van der Waals surface area contributed by atoms with E-state index in [1.165, 1.54) is 257 Å². The minimum Gasteiger partial charge on any atom is -0.857 e. The number of carbonyl (C=O) groups is 2. The van der Waals surface area contributed by atoms with Gasteiger partial charge in [0, 0.05) is 18.8 Å². The standard InChI is InChI=1S/C22H38O.C22H36.C21H34O2.C21H32O2.C20H32O2.CH3O.Na/c1-14(23)19-7-8-20-18-6-5-15-13-21(2,3)11-9-16(15)17(18)10-12-22(19,20)4;1-5-16-7-9-20-19-8-6-15-14-21(2,3)12-10-17(15)18(19)11-13-22(16,20)4;2*1-13(22)18-5-6-19-17-4-3-14-11-21(12-23-21)10-8-15(14)16(17)7-9-20(18,19)2;1-12(21)18-7-8-19-17-5-3-13-11-14(22)4-6-15(13)16(17)9-10-20(18,19)2;1-2;/h14-20,23H,5-13H2,1-4H3;5,15,17-20H,6-14H2,1-4H3;13-19,22H,3-12H2,1-2H3;14-19H,3-12H2,1-2H3;12-13,15-19,21H,3-11H2,1-2H3;1H3;/q;;;;;-1;+1/t14?,15-,16-,17+,18+,19+,20-,22+;15-,17-,18+,19+,20-,22+;13?,14-,15-,16+,17+,18+,19-,20+,21?;14-,15-,16+,17+,18+,19-,20+,21?;12?,13-,15-,16+,17+,18+,19-,20+;;/m00000../s1. The maximum absolute atomic E-state index is 12.2. The number of Topliss-reactive ketones (excluding diaryl/α,β-unsaturated/α-hetero) is 2. The summed E-state index contributed by atoms with van der Waals surface area (Å²) in [6.45, 7) is 35.0. The molecule has 0 aromatic carbocycles. The topological polar surface area (TPSA) is 143 Å². The van der Waals surface area contributed by atoms with Crippen LogP contribution in [0.3, 0.4) is 0 Å². The van der Waals surface area contributed by atoms with Crippen LogP contribution >= 0.6 is 0 Å². The van der Waals surface area contributed by atoms with Crippen LogP contribution in [0.2, 0.25) is 0 Å². The molecule has 0 radical (unpaired) electrons. The summed E-state index contributed by atoms with van der Waals surface area (Å²) in [5, 5.41) is 39.1. The third-order valence-electron chi connectivity index (χ3n) is 44.7. The van der Waals surface area contributed by atoms with E-state index in [1.54, 1.807) is 19.3 Å². The molecule has 3 N–H and O–H groups in total. The number of allylic oxidation sites excluding steroid dienone is 2. The predicted octanol–water partition coefficient (Wildman–Crippen LogP) is 21.5. The van der Waals surface area contributed by atoms with Crippen molar-refractivity contribution in [2.45, 2.75) is 415 Å². The Morgan fingerprint density at radius 2 is 0.681 bits per heavy atom. The van der Waals surface area contributed by atoms with Crippen molar-refractivity contribution in [3.63, 3.8) is 0 Å². The molecular formula is C107H175NaO8. The van der Waals surface area contributed by atoms with Crippen LogP contribution in [-0.4, -0.2) is 76.7 Å². The number of hydrogen-bond donors (Lipinski definition) is 3. The fourth-order valence-corrected chi connectivity index (χ4v) is 39.4. The van der Waals surface area contributed by atoms with Gasteiger partial charge in [0.05, 0.1) is 42.7 Å². The second-order valence-electron chi connectivity index (χ2n) is 50.2. The van der Waals surface area contributed by atoms with Crippen molar-refractivity contribution in [1.82, 2.24) is 0 Å². The molecule has 22 aliphatic rings. The van der Waals surface area contributed by atoms with Crippen molar-refractivity contribution in [1.29, 1.82) is 0 Å². The van der Waals surface area contributed by atoms with E-state index in [2.05, 4.69) is 75.3 Å². The first-order valence-electron chi connectivity index (χ1n) is 51.2. The molecule has 0 aromatic heterocycles. The van der Waals surface area contributed by atoms with Crippen LogP contribution in [0.25, 0.3) is 0 Å². The van der Waals surface area contributed by atoms with Crippen LogP contribution in [0.1, 0.15) is 386 Å². The molecule has 0 bridgehead atoms. The second-order valence-corrected chi connectivity index (χ2v) is 50.2. The molecule has 22 rings (SSSR count). The van der Waals surface area contributed by atoms with Gasteiger partial charge in [-0.2, -0.15) is 7.11 Å². The van der Waals surface area contributed by atoms with Gasteiger partial charge in [-0.1, -0.05) is 74.0 Å². The van der Waals surface area contributed by atoms with E-state index in [4.69, 9.17) is 14.6 Å². The van der Waals surface area contributed by atoms with Crippen LogP contribution in [0.15, 0.2) is 11.6 Å².